The Kier molecular flexibility index (Phi) is 11.4. The maximum absolute atomic E-state index is 11.5. The summed E-state index contributed by atoms with van der Waals surface area (Å²) in [5.74, 6) is -0.678. The highest BCUT2D eigenvalue weighted by molar-refractivity contribution is 8.03. The standard InChI is InChI=1S/C33H34Cl2N2O6S4/c1-33(37(18-6-20-47(41,42)43)29-13-11-27(35)23-31(29)45-33)16-15-25(21-24-7-3-2-4-8-24)9-14-32-36(17-5-19-46(38,39)40)28-12-10-26(34)22-30(28)44-32/h2-4,7-16,22-23H,5-6,17-21H2,1H3,(H,38,39,40)(H,41,42,43). The molecule has 1 atom stereocenters. The molecule has 0 saturated carbocycles. The summed E-state index contributed by atoms with van der Waals surface area (Å²) < 4.78 is 64.4. The van der Waals surface area contributed by atoms with Crippen LogP contribution in [0.15, 0.2) is 111 Å². The van der Waals surface area contributed by atoms with E-state index >= 15 is 0 Å². The summed E-state index contributed by atoms with van der Waals surface area (Å²) in [6.07, 6.45) is 9.36. The molecule has 2 aliphatic rings. The van der Waals surface area contributed by atoms with Crippen LogP contribution in [0.1, 0.15) is 25.3 Å². The molecular weight excluding hydrogens is 720 g/mol. The minimum Gasteiger partial charge on any atom is -0.352 e. The molecule has 3 aromatic carbocycles. The van der Waals surface area contributed by atoms with E-state index in [1.54, 1.807) is 17.8 Å². The van der Waals surface area contributed by atoms with Gasteiger partial charge in [0.1, 0.15) is 4.87 Å². The van der Waals surface area contributed by atoms with Gasteiger partial charge < -0.3 is 9.80 Å². The average Bonchev–Trinajstić information content (AvgIpc) is 3.46. The summed E-state index contributed by atoms with van der Waals surface area (Å²) in [5.41, 5.74) is 3.98. The van der Waals surface area contributed by atoms with Gasteiger partial charge in [0, 0.05) is 32.9 Å². The third kappa shape index (κ3) is 9.82. The van der Waals surface area contributed by atoms with Gasteiger partial charge in [0.05, 0.1) is 27.9 Å². The first-order valence-corrected chi connectivity index (χ1v) is 20.4. The molecule has 0 fully saturated rings. The number of nitrogens with zero attached hydrogens (tertiary/aromatic N) is 2. The SMILES string of the molecule is CC1(C=CC(=CC=C2Sc3cc(Cl)ccc3N2CCCS(=O)(=O)O)Cc2ccccc2)Sc2cc(Cl)ccc2N1CCCS(=O)(=O)O. The van der Waals surface area contributed by atoms with Crippen LogP contribution in [0.25, 0.3) is 0 Å². The maximum Gasteiger partial charge on any atom is 0.264 e. The van der Waals surface area contributed by atoms with Crippen LogP contribution in [0, 0.1) is 0 Å². The monoisotopic (exact) mass is 752 g/mol. The number of hydrogen-bond acceptors (Lipinski definition) is 8. The zero-order chi connectivity index (χ0) is 33.8. The van der Waals surface area contributed by atoms with Crippen LogP contribution in [0.3, 0.4) is 0 Å². The Labute approximate surface area is 295 Å². The van der Waals surface area contributed by atoms with E-state index in [-0.39, 0.29) is 24.3 Å². The highest BCUT2D eigenvalue weighted by Gasteiger charge is 2.39. The van der Waals surface area contributed by atoms with Crippen LogP contribution in [0.5, 0.6) is 0 Å². The molecule has 5 rings (SSSR count). The van der Waals surface area contributed by atoms with Crippen molar-refractivity contribution in [1.29, 1.82) is 0 Å². The fraction of sp³-hybridized carbons (Fsp3) is 0.273. The number of allylic oxidation sites excluding steroid dienone is 4. The van der Waals surface area contributed by atoms with Crippen LogP contribution in [-0.2, 0) is 26.7 Å². The molecule has 2 aliphatic heterocycles. The van der Waals surface area contributed by atoms with Gasteiger partial charge in [-0.2, -0.15) is 16.8 Å². The van der Waals surface area contributed by atoms with Crippen molar-refractivity contribution in [2.75, 3.05) is 34.4 Å². The molecule has 0 bridgehead atoms. The molecule has 1 unspecified atom stereocenters. The van der Waals surface area contributed by atoms with E-state index in [2.05, 4.69) is 36.1 Å². The fourth-order valence-corrected chi connectivity index (χ4v) is 9.41. The lowest BCUT2D eigenvalue weighted by Crippen LogP contribution is -2.40. The van der Waals surface area contributed by atoms with E-state index in [0.717, 1.165) is 37.3 Å². The summed E-state index contributed by atoms with van der Waals surface area (Å²) in [4.78, 5) is 5.52. The van der Waals surface area contributed by atoms with Crippen molar-refractivity contribution >= 4 is 78.3 Å². The second-order valence-corrected chi connectivity index (χ2v) is 17.9. The van der Waals surface area contributed by atoms with Crippen LogP contribution in [-0.4, -0.2) is 55.4 Å². The molecule has 14 heteroatoms. The normalized spacial score (nSPS) is 19.2. The predicted molar refractivity (Wildman–Crippen MR) is 195 cm³/mol. The first kappa shape index (κ1) is 35.9. The lowest BCUT2D eigenvalue weighted by atomic mass is 10.0. The Bertz CT molecular complexity index is 1940. The summed E-state index contributed by atoms with van der Waals surface area (Å²) in [6.45, 7) is 2.86. The van der Waals surface area contributed by atoms with Crippen molar-refractivity contribution in [3.8, 4) is 0 Å². The van der Waals surface area contributed by atoms with Crippen molar-refractivity contribution < 1.29 is 25.9 Å². The summed E-state index contributed by atoms with van der Waals surface area (Å²) in [7, 11) is -8.19. The molecule has 2 heterocycles. The molecular formula is C33H34Cl2N2O6S4. The largest absolute Gasteiger partial charge is 0.352 e. The van der Waals surface area contributed by atoms with Gasteiger partial charge in [-0.05, 0) is 85.9 Å². The molecule has 0 aliphatic carbocycles. The van der Waals surface area contributed by atoms with Gasteiger partial charge in [-0.25, -0.2) is 0 Å². The highest BCUT2D eigenvalue weighted by atomic mass is 35.5. The van der Waals surface area contributed by atoms with Gasteiger partial charge in [0.15, 0.2) is 0 Å². The summed E-state index contributed by atoms with van der Waals surface area (Å²) in [6, 6.07) is 21.3. The van der Waals surface area contributed by atoms with Crippen LogP contribution < -0.4 is 9.80 Å². The molecule has 47 heavy (non-hydrogen) atoms. The first-order chi connectivity index (χ1) is 22.2. The number of anilines is 2. The molecule has 3 aromatic rings. The zero-order valence-electron chi connectivity index (χ0n) is 25.4. The number of rotatable bonds is 13. The second-order valence-electron chi connectivity index (χ2n) is 11.3. The summed E-state index contributed by atoms with van der Waals surface area (Å²) >= 11 is 15.8. The number of thioether (sulfide) groups is 2. The van der Waals surface area contributed by atoms with Gasteiger partial charge in [0.25, 0.3) is 20.2 Å². The molecule has 0 aromatic heterocycles. The van der Waals surface area contributed by atoms with Crippen molar-refractivity contribution in [3.63, 3.8) is 0 Å². The number of fused-ring (bicyclic) bond motifs is 2. The number of benzene rings is 3. The Morgan fingerprint density at radius 2 is 1.47 bits per heavy atom. The van der Waals surface area contributed by atoms with Crippen molar-refractivity contribution in [2.24, 2.45) is 0 Å². The predicted octanol–water partition coefficient (Wildman–Crippen LogP) is 8.36. The van der Waals surface area contributed by atoms with Gasteiger partial charge in [-0.1, -0.05) is 89.2 Å². The smallest absolute Gasteiger partial charge is 0.264 e. The number of halogens is 2. The molecule has 250 valence electrons. The molecule has 0 saturated heterocycles. The van der Waals surface area contributed by atoms with Crippen molar-refractivity contribution in [2.45, 2.75) is 40.8 Å². The van der Waals surface area contributed by atoms with E-state index in [0.29, 0.717) is 29.6 Å². The van der Waals surface area contributed by atoms with Crippen LogP contribution in [0.2, 0.25) is 10.0 Å². The third-order valence-electron chi connectivity index (χ3n) is 7.62. The van der Waals surface area contributed by atoms with E-state index in [4.69, 9.17) is 23.2 Å². The van der Waals surface area contributed by atoms with Gasteiger partial charge in [-0.15, -0.1) is 0 Å². The van der Waals surface area contributed by atoms with Gasteiger partial charge >= 0.3 is 0 Å². The minimum atomic E-state index is -4.10. The quantitative estimate of drug-likeness (QED) is 0.130. The molecule has 0 radical (unpaired) electrons. The highest BCUT2D eigenvalue weighted by Crippen LogP contribution is 2.52. The minimum absolute atomic E-state index is 0.243. The van der Waals surface area contributed by atoms with E-state index in [1.807, 2.05) is 65.6 Å². The van der Waals surface area contributed by atoms with Gasteiger partial charge in [0.2, 0.25) is 0 Å². The zero-order valence-corrected chi connectivity index (χ0v) is 30.2. The Balaban J connectivity index is 1.47. The average molecular weight is 754 g/mol. The Hall–Kier alpha value is -2.42. The summed E-state index contributed by atoms with van der Waals surface area (Å²) in [5, 5.41) is 2.10. The maximum atomic E-state index is 11.5. The van der Waals surface area contributed by atoms with Gasteiger partial charge in [-0.3, -0.25) is 9.11 Å². The topological polar surface area (TPSA) is 115 Å². The van der Waals surface area contributed by atoms with E-state index < -0.39 is 25.1 Å². The molecule has 2 N–H and O–H groups in total. The van der Waals surface area contributed by atoms with Crippen LogP contribution in [0.4, 0.5) is 11.4 Å². The third-order valence-corrected chi connectivity index (χ3v) is 12.1. The van der Waals surface area contributed by atoms with Crippen molar-refractivity contribution in [3.05, 3.63) is 117 Å². The number of hydrogen-bond donors (Lipinski definition) is 2. The lowest BCUT2D eigenvalue weighted by molar-refractivity contribution is 0.478. The van der Waals surface area contributed by atoms with E-state index in [1.165, 1.54) is 11.8 Å². The molecule has 8 nitrogen and oxygen atoms in total. The molecule has 0 amide bonds. The van der Waals surface area contributed by atoms with Crippen LogP contribution >= 0.6 is 46.7 Å². The lowest BCUT2D eigenvalue weighted by Gasteiger charge is -2.34. The fourth-order valence-electron chi connectivity index (χ4n) is 5.46. The Morgan fingerprint density at radius 3 is 2.13 bits per heavy atom. The first-order valence-electron chi connectivity index (χ1n) is 14.7. The molecule has 0 spiro atoms. The second kappa shape index (κ2) is 15.0. The Morgan fingerprint density at radius 1 is 0.851 bits per heavy atom. The van der Waals surface area contributed by atoms with Crippen molar-refractivity contribution in [1.82, 2.24) is 0 Å². The van der Waals surface area contributed by atoms with E-state index in [9.17, 15) is 25.9 Å².